The van der Waals surface area contributed by atoms with Gasteiger partial charge in [0.25, 0.3) is 0 Å². The molecule has 1 atom stereocenters. The Balaban J connectivity index is 1.93. The number of amides is 1. The Bertz CT molecular complexity index is 724. The molecule has 168 valence electrons. The van der Waals surface area contributed by atoms with Gasteiger partial charge in [-0.05, 0) is 47.0 Å². The minimum absolute atomic E-state index is 0.0979. The lowest BCUT2D eigenvalue weighted by atomic mass is 10.2. The quantitative estimate of drug-likeness (QED) is 0.267. The Hall–Kier alpha value is -2.24. The molecule has 2 heterocycles. The normalized spacial score (nSPS) is 17.3. The summed E-state index contributed by atoms with van der Waals surface area (Å²) in [7, 11) is 0. The van der Waals surface area contributed by atoms with E-state index in [1.165, 1.54) is 0 Å². The summed E-state index contributed by atoms with van der Waals surface area (Å²) in [5.74, 6) is -0.678. The molecule has 11 heteroatoms. The average Bonchev–Trinajstić information content (AvgIpc) is 3.11. The molecule has 1 amide bonds. The molecule has 1 aliphatic rings. The Kier molecular flexibility index (Phi) is 9.47. The van der Waals surface area contributed by atoms with E-state index in [4.69, 9.17) is 23.8 Å². The zero-order valence-corrected chi connectivity index (χ0v) is 18.6. The van der Waals surface area contributed by atoms with Gasteiger partial charge in [-0.25, -0.2) is 14.6 Å². The third-order valence-electron chi connectivity index (χ3n) is 3.60. The number of esters is 1. The van der Waals surface area contributed by atoms with Crippen LogP contribution in [0.5, 0.6) is 0 Å². The zero-order chi connectivity index (χ0) is 22.0. The smallest absolute Gasteiger partial charge is 0.413 e. The molecule has 1 aliphatic heterocycles. The van der Waals surface area contributed by atoms with Crippen molar-refractivity contribution in [2.24, 2.45) is 5.16 Å². The minimum atomic E-state index is -0.678. The number of carbonyl (C=O) groups is 2. The van der Waals surface area contributed by atoms with Gasteiger partial charge >= 0.3 is 12.1 Å². The van der Waals surface area contributed by atoms with Crippen molar-refractivity contribution >= 4 is 34.2 Å². The Morgan fingerprint density at radius 3 is 2.80 bits per heavy atom. The largest absolute Gasteiger partial charge is 0.461 e. The number of rotatable bonds is 9. The topological polar surface area (TPSA) is 118 Å². The molecule has 0 aromatic carbocycles. The van der Waals surface area contributed by atoms with Crippen molar-refractivity contribution in [3.63, 3.8) is 0 Å². The lowest BCUT2D eigenvalue weighted by Gasteiger charge is -2.22. The van der Waals surface area contributed by atoms with Gasteiger partial charge in [-0.3, -0.25) is 5.32 Å². The molecule has 1 saturated heterocycles. The second-order valence-corrected chi connectivity index (χ2v) is 8.18. The second kappa shape index (κ2) is 11.8. The number of thiazole rings is 1. The third kappa shape index (κ3) is 8.64. The van der Waals surface area contributed by atoms with E-state index in [2.05, 4.69) is 15.5 Å². The van der Waals surface area contributed by atoms with Crippen molar-refractivity contribution in [3.05, 3.63) is 11.1 Å². The first kappa shape index (κ1) is 24.0. The Labute approximate surface area is 179 Å². The molecule has 0 radical (unpaired) electrons. The van der Waals surface area contributed by atoms with Crippen molar-refractivity contribution < 1.29 is 33.4 Å². The van der Waals surface area contributed by atoms with E-state index in [-0.39, 0.29) is 42.6 Å². The molecule has 10 nitrogen and oxygen atoms in total. The number of hydrogen-bond acceptors (Lipinski definition) is 10. The molecule has 0 aliphatic carbocycles. The van der Waals surface area contributed by atoms with Crippen LogP contribution in [0, 0.1) is 0 Å². The molecule has 0 bridgehead atoms. The summed E-state index contributed by atoms with van der Waals surface area (Å²) in [5, 5.41) is 8.22. The number of hydrogen-bond donors (Lipinski definition) is 1. The molecule has 1 unspecified atom stereocenters. The summed E-state index contributed by atoms with van der Waals surface area (Å²) in [5.41, 5.74) is -0.513. The van der Waals surface area contributed by atoms with Crippen LogP contribution < -0.4 is 5.32 Å². The van der Waals surface area contributed by atoms with Gasteiger partial charge in [-0.2, -0.15) is 0 Å². The predicted molar refractivity (Wildman–Crippen MR) is 111 cm³/mol. The molecule has 0 spiro atoms. The van der Waals surface area contributed by atoms with Crippen LogP contribution in [0.15, 0.2) is 10.5 Å². The lowest BCUT2D eigenvalue weighted by molar-refractivity contribution is -0.169. The molecule has 30 heavy (non-hydrogen) atoms. The van der Waals surface area contributed by atoms with Crippen LogP contribution in [0.2, 0.25) is 0 Å². The summed E-state index contributed by atoms with van der Waals surface area (Å²) in [6.45, 7) is 8.23. The Morgan fingerprint density at radius 2 is 2.13 bits per heavy atom. The van der Waals surface area contributed by atoms with Crippen molar-refractivity contribution in [1.29, 1.82) is 0 Å². The molecule has 1 aromatic rings. The third-order valence-corrected chi connectivity index (χ3v) is 4.35. The first-order chi connectivity index (χ1) is 14.3. The van der Waals surface area contributed by atoms with Crippen molar-refractivity contribution in [2.75, 3.05) is 31.7 Å². The zero-order valence-electron chi connectivity index (χ0n) is 17.8. The van der Waals surface area contributed by atoms with E-state index >= 15 is 0 Å². The van der Waals surface area contributed by atoms with E-state index in [0.29, 0.717) is 6.61 Å². The number of carbonyl (C=O) groups excluding carboxylic acids is 2. The predicted octanol–water partition coefficient (Wildman–Crippen LogP) is 3.32. The molecule has 1 fully saturated rings. The molecule has 1 N–H and O–H groups in total. The number of oxime groups is 1. The highest BCUT2D eigenvalue weighted by Gasteiger charge is 2.22. The summed E-state index contributed by atoms with van der Waals surface area (Å²) in [6, 6.07) is 0. The van der Waals surface area contributed by atoms with Crippen LogP contribution in [-0.4, -0.2) is 61.1 Å². The maximum atomic E-state index is 12.2. The van der Waals surface area contributed by atoms with Crippen LogP contribution in [0.25, 0.3) is 0 Å². The fourth-order valence-electron chi connectivity index (χ4n) is 2.39. The molecular formula is C19H29N3O7S. The summed E-state index contributed by atoms with van der Waals surface area (Å²) < 4.78 is 21.2. The molecular weight excluding hydrogens is 414 g/mol. The fraction of sp³-hybridized carbons (Fsp3) is 0.684. The van der Waals surface area contributed by atoms with E-state index in [1.807, 2.05) is 0 Å². The standard InChI is InChI=1S/C19H29N3O7S/c1-5-25-16(23)15(22-28-11-10-27-14-8-6-7-9-26-14)13-12-30-17(20-13)21-18(24)29-19(2,3)4/h12,14H,5-11H2,1-4H3,(H,20,21,24)/b22-15-. The maximum absolute atomic E-state index is 12.2. The van der Waals surface area contributed by atoms with E-state index in [9.17, 15) is 9.59 Å². The van der Waals surface area contributed by atoms with Gasteiger partial charge in [-0.1, -0.05) is 5.16 Å². The Morgan fingerprint density at radius 1 is 1.33 bits per heavy atom. The fourth-order valence-corrected chi connectivity index (χ4v) is 3.07. The molecule has 0 saturated carbocycles. The summed E-state index contributed by atoms with van der Waals surface area (Å²) in [4.78, 5) is 33.5. The van der Waals surface area contributed by atoms with Gasteiger partial charge < -0.3 is 23.8 Å². The number of anilines is 1. The first-order valence-electron chi connectivity index (χ1n) is 9.84. The number of aromatic nitrogens is 1. The molecule has 1 aromatic heterocycles. The van der Waals surface area contributed by atoms with Crippen molar-refractivity contribution in [1.82, 2.24) is 4.98 Å². The van der Waals surface area contributed by atoms with Gasteiger partial charge in [0.05, 0.1) is 13.2 Å². The van der Waals surface area contributed by atoms with Gasteiger partial charge in [-0.15, -0.1) is 11.3 Å². The lowest BCUT2D eigenvalue weighted by Crippen LogP contribution is -2.27. The number of nitrogens with zero attached hydrogens (tertiary/aromatic N) is 2. The van der Waals surface area contributed by atoms with Crippen LogP contribution in [-0.2, 0) is 28.6 Å². The highest BCUT2D eigenvalue weighted by Crippen LogP contribution is 2.18. The van der Waals surface area contributed by atoms with Crippen LogP contribution >= 0.6 is 11.3 Å². The van der Waals surface area contributed by atoms with Gasteiger partial charge in [0.2, 0.25) is 5.71 Å². The number of ether oxygens (including phenoxy) is 4. The second-order valence-electron chi connectivity index (χ2n) is 7.33. The maximum Gasteiger partial charge on any atom is 0.413 e. The minimum Gasteiger partial charge on any atom is -0.461 e. The van der Waals surface area contributed by atoms with Crippen LogP contribution in [0.3, 0.4) is 0 Å². The van der Waals surface area contributed by atoms with Gasteiger partial charge in [0, 0.05) is 12.0 Å². The summed E-state index contributed by atoms with van der Waals surface area (Å²) >= 11 is 1.12. The van der Waals surface area contributed by atoms with Gasteiger partial charge in [0.1, 0.15) is 17.9 Å². The highest BCUT2D eigenvalue weighted by molar-refractivity contribution is 7.14. The van der Waals surface area contributed by atoms with E-state index in [0.717, 1.165) is 30.6 Å². The van der Waals surface area contributed by atoms with E-state index in [1.54, 1.807) is 33.1 Å². The van der Waals surface area contributed by atoms with Crippen LogP contribution in [0.1, 0.15) is 52.7 Å². The average molecular weight is 444 g/mol. The van der Waals surface area contributed by atoms with Gasteiger partial charge in [0.15, 0.2) is 11.4 Å². The molecule has 2 rings (SSSR count). The van der Waals surface area contributed by atoms with Crippen molar-refractivity contribution in [3.8, 4) is 0 Å². The van der Waals surface area contributed by atoms with E-state index < -0.39 is 17.7 Å². The first-order valence-corrected chi connectivity index (χ1v) is 10.7. The monoisotopic (exact) mass is 443 g/mol. The highest BCUT2D eigenvalue weighted by atomic mass is 32.1. The van der Waals surface area contributed by atoms with Crippen LogP contribution in [0.4, 0.5) is 9.93 Å². The summed E-state index contributed by atoms with van der Waals surface area (Å²) in [6.07, 6.45) is 2.10. The van der Waals surface area contributed by atoms with Crippen molar-refractivity contribution in [2.45, 2.75) is 58.8 Å². The number of nitrogens with one attached hydrogen (secondary N) is 1. The SMILES string of the molecule is CCOC(=O)/C(=N\OCCOC1CCCCO1)c1csc(NC(=O)OC(C)(C)C)n1.